The molecule has 6 nitrogen and oxygen atoms in total. The molecule has 0 N–H and O–H groups in total. The predicted molar refractivity (Wildman–Crippen MR) is 8.79 cm³/mol. The summed E-state index contributed by atoms with van der Waals surface area (Å²) in [6, 6.07) is 0. The van der Waals surface area contributed by atoms with Crippen molar-refractivity contribution in [1.29, 1.82) is 0 Å². The van der Waals surface area contributed by atoms with Crippen LogP contribution in [-0.2, 0) is 24.5 Å². The average Bonchev–Trinajstić information content (AvgIpc) is 1.36. The van der Waals surface area contributed by atoms with Gasteiger partial charge in [0.25, 0.3) is 0 Å². The second kappa shape index (κ2) is 8.12. The van der Waals surface area contributed by atoms with Gasteiger partial charge in [-0.25, -0.2) is 0 Å². The molecule has 0 heterocycles. The Kier molecular flexibility index (Phi) is 16.3. The quantitative estimate of drug-likeness (QED) is 0.356. The summed E-state index contributed by atoms with van der Waals surface area (Å²) in [7, 11) is 0. The molecule has 0 fully saturated rings. The number of rotatable bonds is 0. The van der Waals surface area contributed by atoms with E-state index in [4.69, 9.17) is 25.6 Å². The molecule has 0 aromatic heterocycles. The van der Waals surface area contributed by atoms with Crippen LogP contribution in [0.5, 0.6) is 0 Å². The average molecular weight is 190 g/mol. The molecule has 0 rings (SSSR count). The van der Waals surface area contributed by atoms with Crippen LogP contribution >= 0.6 is 0 Å². The first-order chi connectivity index (χ1) is 3.00. The van der Waals surface area contributed by atoms with Gasteiger partial charge < -0.3 is 0 Å². The molecule has 8 heteroatoms. The van der Waals surface area contributed by atoms with Gasteiger partial charge in [0, 0.05) is 9.93 Å². The van der Waals surface area contributed by atoms with Crippen molar-refractivity contribution in [3.63, 3.8) is 0 Å². The Morgan fingerprint density at radius 1 is 1.00 bits per heavy atom. The first-order valence-electron chi connectivity index (χ1n) is 0.784. The summed E-state index contributed by atoms with van der Waals surface area (Å²) in [6.45, 7) is 0. The van der Waals surface area contributed by atoms with Crippen LogP contribution in [-0.4, -0.2) is 0 Å². The zero-order valence-corrected chi connectivity index (χ0v) is 8.13. The van der Waals surface area contributed by atoms with Gasteiger partial charge in [-0.05, 0) is 0 Å². The molecule has 0 unspecified atom stereocenters. The molecule has 0 spiro atoms. The second-order valence-electron chi connectivity index (χ2n) is 0.378. The van der Waals surface area contributed by atoms with Gasteiger partial charge >= 0.3 is 80.0 Å². The van der Waals surface area contributed by atoms with E-state index < -0.39 is 13.0 Å². The van der Waals surface area contributed by atoms with Gasteiger partial charge in [0.15, 0.2) is 0 Å². The van der Waals surface area contributed by atoms with Crippen LogP contribution in [0, 0.1) is 9.93 Å². The van der Waals surface area contributed by atoms with E-state index in [9.17, 15) is 0 Å². The van der Waals surface area contributed by atoms with E-state index in [1.807, 2.05) is 0 Å². The molecule has 0 bridgehead atoms. The third kappa shape index (κ3) is 214. The third-order valence-electron chi connectivity index (χ3n) is 0. The molecule has 0 aromatic carbocycles. The summed E-state index contributed by atoms with van der Waals surface area (Å²) in [5, 5.41) is 0. The van der Waals surface area contributed by atoms with Crippen molar-refractivity contribution in [2.24, 2.45) is 0 Å². The molecule has 0 saturated carbocycles. The van der Waals surface area contributed by atoms with Gasteiger partial charge in [-0.1, -0.05) is 0 Å². The first-order valence-corrected chi connectivity index (χ1v) is 2.71. The second-order valence-corrected chi connectivity index (χ2v) is 1.56. The monoisotopic (exact) mass is 190 g/mol. The van der Waals surface area contributed by atoms with Gasteiger partial charge in [0.1, 0.15) is 0 Å². The molecule has 0 radical (unpaired) electrons. The van der Waals surface area contributed by atoms with Crippen molar-refractivity contribution in [3.05, 3.63) is 9.93 Å². The molecule has 0 amide bonds. The fraction of sp³-hybridized carbons (Fsp3) is 0. The Hall–Kier alpha value is 1.12. The maximum absolute atomic E-state index is 8.58. The zero-order chi connectivity index (χ0) is 6.50. The molecule has 0 aromatic rings. The van der Waals surface area contributed by atoms with E-state index in [0.717, 1.165) is 0 Å². The van der Waals surface area contributed by atoms with E-state index in [-0.39, 0.29) is 51.4 Å². The van der Waals surface area contributed by atoms with Crippen molar-refractivity contribution < 1.29 is 80.0 Å². The fourth-order valence-electron chi connectivity index (χ4n) is 0. The first kappa shape index (κ1) is 16.1. The Labute approximate surface area is 88.4 Å². The fourth-order valence-corrected chi connectivity index (χ4v) is 0. The third-order valence-corrected chi connectivity index (χ3v) is 0. The van der Waals surface area contributed by atoms with E-state index >= 15 is 0 Å². The molecule has 0 saturated heterocycles. The van der Waals surface area contributed by atoms with Crippen LogP contribution in [0.4, 0.5) is 0 Å². The van der Waals surface area contributed by atoms with Gasteiger partial charge in [-0.2, -0.15) is 0 Å². The Bertz CT molecular complexity index is 141. The topological polar surface area (TPSA) is 108 Å². The molecular formula is KMnO6. The summed E-state index contributed by atoms with van der Waals surface area (Å²) in [6.07, 6.45) is 0. The van der Waals surface area contributed by atoms with Crippen LogP contribution < -0.4 is 55.6 Å². The Morgan fingerprint density at radius 3 is 1.00 bits per heavy atom. The van der Waals surface area contributed by atoms with Gasteiger partial charge in [-0.15, -0.1) is 0 Å². The van der Waals surface area contributed by atoms with Crippen molar-refractivity contribution in [1.82, 2.24) is 0 Å². The summed E-state index contributed by atoms with van der Waals surface area (Å²) >= 11 is -5.62. The van der Waals surface area contributed by atoms with Crippen LogP contribution in [0.25, 0.3) is 0 Å². The van der Waals surface area contributed by atoms with Crippen LogP contribution in [0.2, 0.25) is 0 Å². The SMILES string of the molecule is O=O.[K+].[O]=[Mn](=[O])(=[O])[O-]. The van der Waals surface area contributed by atoms with Crippen molar-refractivity contribution in [2.45, 2.75) is 0 Å². The zero-order valence-electron chi connectivity index (χ0n) is 3.83. The Morgan fingerprint density at radius 2 is 1.00 bits per heavy atom. The van der Waals surface area contributed by atoms with E-state index in [1.165, 1.54) is 0 Å². The van der Waals surface area contributed by atoms with Gasteiger partial charge in [0.2, 0.25) is 0 Å². The summed E-state index contributed by atoms with van der Waals surface area (Å²) in [4.78, 5) is 14.0. The minimum absolute atomic E-state index is 0. The van der Waals surface area contributed by atoms with E-state index in [1.54, 1.807) is 0 Å². The van der Waals surface area contributed by atoms with Crippen LogP contribution in [0.15, 0.2) is 0 Å². The van der Waals surface area contributed by atoms with E-state index in [2.05, 4.69) is 0 Å². The molecular weight excluding hydrogens is 190 g/mol. The Balaban J connectivity index is -0.0000000750. The summed E-state index contributed by atoms with van der Waals surface area (Å²) < 4.78 is 34.3. The van der Waals surface area contributed by atoms with Gasteiger partial charge in [0.05, 0.1) is 0 Å². The molecule has 0 aliphatic rings. The van der Waals surface area contributed by atoms with E-state index in [0.29, 0.717) is 0 Å². The number of hydrogen-bond donors (Lipinski definition) is 0. The molecule has 8 heavy (non-hydrogen) atoms. The maximum atomic E-state index is 8.58. The normalized spacial score (nSPS) is 7.62. The summed E-state index contributed by atoms with van der Waals surface area (Å²) in [5.74, 6) is 0. The molecule has 0 aliphatic carbocycles. The molecule has 0 aliphatic heterocycles. The van der Waals surface area contributed by atoms with Crippen molar-refractivity contribution in [2.75, 3.05) is 0 Å². The molecule has 44 valence electrons. The predicted octanol–water partition coefficient (Wildman–Crippen LogP) is -4.48. The van der Waals surface area contributed by atoms with Gasteiger partial charge in [-0.3, -0.25) is 0 Å². The summed E-state index contributed by atoms with van der Waals surface area (Å²) in [5.41, 5.74) is 0. The number of hydrogen-bond acceptors (Lipinski definition) is 6. The van der Waals surface area contributed by atoms with Crippen LogP contribution in [0.1, 0.15) is 0 Å². The van der Waals surface area contributed by atoms with Crippen LogP contribution in [0.3, 0.4) is 0 Å². The molecule has 0 atom stereocenters. The van der Waals surface area contributed by atoms with Crippen molar-refractivity contribution in [3.8, 4) is 0 Å². The minimum atomic E-state index is -5.62. The van der Waals surface area contributed by atoms with Crippen molar-refractivity contribution >= 4 is 0 Å². The standard InChI is InChI=1S/K.Mn.O2.4O/c;;1-2;;;;/q+1;;;;;;-1.